The molecule has 0 spiro atoms. The van der Waals surface area contributed by atoms with Crippen molar-refractivity contribution in [1.29, 1.82) is 0 Å². The minimum Gasteiger partial charge on any atom is -0.384 e. The highest BCUT2D eigenvalue weighted by Crippen LogP contribution is 2.35. The van der Waals surface area contributed by atoms with Crippen LogP contribution in [0.25, 0.3) is 55.7 Å². The van der Waals surface area contributed by atoms with Gasteiger partial charge in [-0.1, -0.05) is 12.1 Å². The number of pyridine rings is 2. The molecular weight excluding hydrogens is 477 g/mol. The normalized spacial score (nSPS) is 11.6. The summed E-state index contributed by atoms with van der Waals surface area (Å²) >= 11 is 0. The molecule has 0 saturated carbocycles. The zero-order valence-corrected chi connectivity index (χ0v) is 21.5. The molecule has 0 aliphatic heterocycles. The van der Waals surface area contributed by atoms with E-state index in [4.69, 9.17) is 4.98 Å². The fourth-order valence-electron chi connectivity index (χ4n) is 4.77. The Bertz CT molecular complexity index is 1770. The van der Waals surface area contributed by atoms with Gasteiger partial charge in [-0.05, 0) is 86.2 Å². The highest BCUT2D eigenvalue weighted by Gasteiger charge is 2.16. The van der Waals surface area contributed by atoms with Crippen LogP contribution < -0.4 is 5.32 Å². The number of benzene rings is 2. The van der Waals surface area contributed by atoms with Gasteiger partial charge in [-0.15, -0.1) is 0 Å². The zero-order valence-electron chi connectivity index (χ0n) is 21.5. The van der Waals surface area contributed by atoms with Crippen LogP contribution in [0.4, 0.5) is 10.1 Å². The van der Waals surface area contributed by atoms with Crippen molar-refractivity contribution >= 4 is 27.6 Å². The number of hydrogen-bond donors (Lipinski definition) is 3. The maximum atomic E-state index is 14.6. The Balaban J connectivity index is 1.41. The van der Waals surface area contributed by atoms with Crippen LogP contribution in [0, 0.1) is 12.7 Å². The van der Waals surface area contributed by atoms with Crippen LogP contribution >= 0.6 is 0 Å². The molecule has 4 heterocycles. The monoisotopic (exact) mass is 505 g/mol. The lowest BCUT2D eigenvalue weighted by Gasteiger charge is -2.13. The highest BCUT2D eigenvalue weighted by atomic mass is 19.1. The summed E-state index contributed by atoms with van der Waals surface area (Å²) in [5.74, 6) is -0.275. The molecule has 190 valence electrons. The Morgan fingerprint density at radius 3 is 2.71 bits per heavy atom. The van der Waals surface area contributed by atoms with Crippen LogP contribution in [0.2, 0.25) is 0 Å². The van der Waals surface area contributed by atoms with Crippen molar-refractivity contribution in [2.45, 2.75) is 6.92 Å². The lowest BCUT2D eigenvalue weighted by molar-refractivity contribution is 0.425. The Hall–Kier alpha value is -4.56. The Kier molecular flexibility index (Phi) is 6.09. The summed E-state index contributed by atoms with van der Waals surface area (Å²) in [5, 5.41) is 12.0. The van der Waals surface area contributed by atoms with Crippen LogP contribution in [-0.2, 0) is 0 Å². The van der Waals surface area contributed by atoms with E-state index >= 15 is 0 Å². The van der Waals surface area contributed by atoms with Crippen LogP contribution in [0.15, 0.2) is 73.1 Å². The Labute approximate surface area is 219 Å². The first-order valence-corrected chi connectivity index (χ1v) is 12.5. The van der Waals surface area contributed by atoms with E-state index in [1.54, 1.807) is 12.3 Å². The molecule has 0 saturated heterocycles. The summed E-state index contributed by atoms with van der Waals surface area (Å²) in [7, 11) is 4.03. The SMILES string of the molecule is Cc1ccncc1-c1ccc2[nH]nc(-c3cc4c(-c5cc(F)cc(NCCN(C)C)c5)cccc4[nH]3)c2n1. The van der Waals surface area contributed by atoms with Crippen LogP contribution in [0.5, 0.6) is 0 Å². The number of hydrogen-bond acceptors (Lipinski definition) is 5. The van der Waals surface area contributed by atoms with Crippen LogP contribution in [0.1, 0.15) is 5.56 Å². The van der Waals surface area contributed by atoms with Crippen LogP contribution in [0.3, 0.4) is 0 Å². The zero-order chi connectivity index (χ0) is 26.2. The number of fused-ring (bicyclic) bond motifs is 2. The van der Waals surface area contributed by atoms with Crippen molar-refractivity contribution in [3.8, 4) is 33.8 Å². The van der Waals surface area contributed by atoms with E-state index in [0.717, 1.165) is 80.0 Å². The molecule has 38 heavy (non-hydrogen) atoms. The summed E-state index contributed by atoms with van der Waals surface area (Å²) in [6.07, 6.45) is 3.62. The Morgan fingerprint density at radius 1 is 0.974 bits per heavy atom. The molecule has 6 aromatic rings. The van der Waals surface area contributed by atoms with Gasteiger partial charge in [-0.25, -0.2) is 9.37 Å². The van der Waals surface area contributed by atoms with E-state index in [9.17, 15) is 4.39 Å². The van der Waals surface area contributed by atoms with Gasteiger partial charge in [0, 0.05) is 47.6 Å². The highest BCUT2D eigenvalue weighted by molar-refractivity contribution is 6.00. The molecule has 0 fully saturated rings. The number of likely N-dealkylation sites (N-methyl/N-ethyl adjacent to an activating group) is 1. The van der Waals surface area contributed by atoms with Crippen molar-refractivity contribution in [3.63, 3.8) is 0 Å². The molecule has 0 bridgehead atoms. The molecule has 0 atom stereocenters. The van der Waals surface area contributed by atoms with Gasteiger partial charge in [-0.2, -0.15) is 5.10 Å². The third-order valence-corrected chi connectivity index (χ3v) is 6.74. The van der Waals surface area contributed by atoms with Gasteiger partial charge in [0.2, 0.25) is 0 Å². The number of halogens is 1. The van der Waals surface area contributed by atoms with Gasteiger partial charge >= 0.3 is 0 Å². The number of nitrogens with one attached hydrogen (secondary N) is 3. The quantitative estimate of drug-likeness (QED) is 0.239. The average molecular weight is 506 g/mol. The third-order valence-electron chi connectivity index (χ3n) is 6.74. The minimum atomic E-state index is -0.275. The summed E-state index contributed by atoms with van der Waals surface area (Å²) in [4.78, 5) is 14.8. The molecule has 0 aliphatic carbocycles. The maximum Gasteiger partial charge on any atom is 0.135 e. The lowest BCUT2D eigenvalue weighted by atomic mass is 10.0. The number of aromatic nitrogens is 5. The number of nitrogens with zero attached hydrogens (tertiary/aromatic N) is 4. The summed E-state index contributed by atoms with van der Waals surface area (Å²) < 4.78 is 14.6. The van der Waals surface area contributed by atoms with Gasteiger partial charge in [0.05, 0.1) is 16.9 Å². The number of rotatable bonds is 7. The second-order valence-electron chi connectivity index (χ2n) is 9.76. The molecule has 4 aromatic heterocycles. The first kappa shape index (κ1) is 23.8. The standard InChI is InChI=1S/C30H28FN7/c1-18-9-10-32-17-24(18)26-7-8-27-29(35-26)30(37-36-27)28-16-23-22(5-4-6-25(23)34-28)19-13-20(31)15-21(14-19)33-11-12-38(2)3/h4-10,13-17,33-34H,11-12H2,1-3H3,(H,36,37). The number of aryl methyl sites for hydroxylation is 1. The van der Waals surface area contributed by atoms with Gasteiger partial charge in [0.1, 0.15) is 17.0 Å². The molecular formula is C30H28FN7. The van der Waals surface area contributed by atoms with Gasteiger partial charge in [-0.3, -0.25) is 10.1 Å². The van der Waals surface area contributed by atoms with Gasteiger partial charge in [0.25, 0.3) is 0 Å². The molecule has 3 N–H and O–H groups in total. The fraction of sp³-hybridized carbons (Fsp3) is 0.167. The first-order valence-electron chi connectivity index (χ1n) is 12.5. The molecule has 0 unspecified atom stereocenters. The van der Waals surface area contributed by atoms with E-state index in [-0.39, 0.29) is 5.82 Å². The van der Waals surface area contributed by atoms with E-state index in [2.05, 4.69) is 36.4 Å². The number of anilines is 1. The molecule has 8 heteroatoms. The van der Waals surface area contributed by atoms with Crippen LogP contribution in [-0.4, -0.2) is 57.2 Å². The van der Waals surface area contributed by atoms with E-state index < -0.39 is 0 Å². The van der Waals surface area contributed by atoms with Gasteiger partial charge < -0.3 is 15.2 Å². The third kappa shape index (κ3) is 4.50. The molecule has 0 amide bonds. The van der Waals surface area contributed by atoms with Crippen molar-refractivity contribution in [2.75, 3.05) is 32.5 Å². The molecule has 6 rings (SSSR count). The Morgan fingerprint density at radius 2 is 1.87 bits per heavy atom. The van der Waals surface area contributed by atoms with E-state index in [1.165, 1.54) is 6.07 Å². The smallest absolute Gasteiger partial charge is 0.135 e. The van der Waals surface area contributed by atoms with E-state index in [0.29, 0.717) is 0 Å². The summed E-state index contributed by atoms with van der Waals surface area (Å²) in [5.41, 5.74) is 9.60. The predicted molar refractivity (Wildman–Crippen MR) is 152 cm³/mol. The minimum absolute atomic E-state index is 0.275. The average Bonchev–Trinajstić information content (AvgIpc) is 3.52. The predicted octanol–water partition coefficient (Wildman–Crippen LogP) is 6.26. The number of aromatic amines is 2. The fourth-order valence-corrected chi connectivity index (χ4v) is 4.77. The summed E-state index contributed by atoms with van der Waals surface area (Å²) in [6, 6.07) is 19.1. The second-order valence-corrected chi connectivity index (χ2v) is 9.76. The van der Waals surface area contributed by atoms with Crippen molar-refractivity contribution in [1.82, 2.24) is 30.0 Å². The number of H-pyrrole nitrogens is 2. The largest absolute Gasteiger partial charge is 0.384 e. The molecule has 7 nitrogen and oxygen atoms in total. The van der Waals surface area contributed by atoms with Crippen molar-refractivity contribution in [3.05, 3.63) is 84.4 Å². The molecule has 2 aromatic carbocycles. The van der Waals surface area contributed by atoms with Crippen molar-refractivity contribution < 1.29 is 4.39 Å². The second kappa shape index (κ2) is 9.72. The lowest BCUT2D eigenvalue weighted by Crippen LogP contribution is -2.20. The van der Waals surface area contributed by atoms with E-state index in [1.807, 2.05) is 69.7 Å². The summed E-state index contributed by atoms with van der Waals surface area (Å²) in [6.45, 7) is 3.64. The first-order chi connectivity index (χ1) is 18.5. The topological polar surface area (TPSA) is 85.5 Å². The molecule has 0 aliphatic rings. The maximum absolute atomic E-state index is 14.6. The molecule has 0 radical (unpaired) electrons. The van der Waals surface area contributed by atoms with Gasteiger partial charge in [0.15, 0.2) is 0 Å². The van der Waals surface area contributed by atoms with Crippen molar-refractivity contribution in [2.24, 2.45) is 0 Å².